The molecular formula is C27H31N5O2. The number of aryl methyl sites for hydroxylation is 2. The zero-order chi connectivity index (χ0) is 24.3. The largest absolute Gasteiger partial charge is 0.444 e. The summed E-state index contributed by atoms with van der Waals surface area (Å²) < 4.78 is 5.53. The van der Waals surface area contributed by atoms with Crippen molar-refractivity contribution in [2.75, 3.05) is 31.1 Å². The Morgan fingerprint density at radius 3 is 2.53 bits per heavy atom. The van der Waals surface area contributed by atoms with Gasteiger partial charge in [-0.05, 0) is 69.9 Å². The number of benzene rings is 2. The fourth-order valence-corrected chi connectivity index (χ4v) is 5.47. The number of H-pyrrole nitrogens is 1. The Kier molecular flexibility index (Phi) is 5.09. The van der Waals surface area contributed by atoms with Crippen LogP contribution in [0.3, 0.4) is 0 Å². The lowest BCUT2D eigenvalue weighted by molar-refractivity contribution is -0.0266. The van der Waals surface area contributed by atoms with Gasteiger partial charge in [0.25, 0.3) is 0 Å². The minimum Gasteiger partial charge on any atom is -0.444 e. The van der Waals surface area contributed by atoms with E-state index in [4.69, 9.17) is 4.74 Å². The highest BCUT2D eigenvalue weighted by Crippen LogP contribution is 2.45. The smallest absolute Gasteiger partial charge is 0.410 e. The van der Waals surface area contributed by atoms with E-state index < -0.39 is 5.60 Å². The van der Waals surface area contributed by atoms with E-state index in [1.165, 1.54) is 0 Å². The number of nitrogens with one attached hydrogen (secondary N) is 1. The first kappa shape index (κ1) is 22.3. The van der Waals surface area contributed by atoms with Crippen LogP contribution in [0.4, 0.5) is 10.5 Å². The fraction of sp³-hybridized carbons (Fsp3) is 0.444. The summed E-state index contributed by atoms with van der Waals surface area (Å²) in [6.07, 6.45) is 2.60. The first-order valence-electron chi connectivity index (χ1n) is 11.8. The Morgan fingerprint density at radius 1 is 1.12 bits per heavy atom. The van der Waals surface area contributed by atoms with E-state index in [9.17, 15) is 10.1 Å². The number of ether oxygens (including phenoxy) is 1. The third kappa shape index (κ3) is 3.67. The minimum atomic E-state index is -0.489. The highest BCUT2D eigenvalue weighted by Gasteiger charge is 2.50. The average Bonchev–Trinajstić information content (AvgIpc) is 3.39. The van der Waals surface area contributed by atoms with Crippen molar-refractivity contribution in [3.05, 3.63) is 47.2 Å². The fourth-order valence-electron chi connectivity index (χ4n) is 5.47. The maximum atomic E-state index is 12.4. The van der Waals surface area contributed by atoms with Gasteiger partial charge in [-0.1, -0.05) is 12.1 Å². The summed E-state index contributed by atoms with van der Waals surface area (Å²) in [7, 11) is 0. The van der Waals surface area contributed by atoms with Crippen molar-refractivity contribution in [3.63, 3.8) is 0 Å². The highest BCUT2D eigenvalue weighted by molar-refractivity contribution is 5.99. The molecule has 2 aromatic carbocycles. The molecule has 0 aliphatic carbocycles. The van der Waals surface area contributed by atoms with Crippen LogP contribution >= 0.6 is 0 Å². The standard InChI is InChI=1S/C27H31N5O2/c1-17-6-8-21-20(13-29-30-21)24(17)23-18(2)7-9-22(19(23)12-28)31-11-10-27(14-31)15-32(16-27)25(33)34-26(3,4)5/h6-9,13H,10-11,14-16H2,1-5H3,(H,29,30). The first-order chi connectivity index (χ1) is 16.1. The summed E-state index contributed by atoms with van der Waals surface area (Å²) in [5.41, 5.74) is 6.46. The van der Waals surface area contributed by atoms with Crippen molar-refractivity contribution in [2.45, 2.75) is 46.6 Å². The molecule has 2 saturated heterocycles. The molecule has 7 nitrogen and oxygen atoms in total. The van der Waals surface area contributed by atoms with E-state index in [2.05, 4.69) is 53.2 Å². The van der Waals surface area contributed by atoms with Crippen molar-refractivity contribution in [2.24, 2.45) is 5.41 Å². The van der Waals surface area contributed by atoms with Gasteiger partial charge >= 0.3 is 6.09 Å². The molecule has 1 N–H and O–H groups in total. The molecule has 1 amide bonds. The molecule has 3 heterocycles. The molecule has 34 heavy (non-hydrogen) atoms. The summed E-state index contributed by atoms with van der Waals surface area (Å²) in [6.45, 7) is 12.9. The zero-order valence-electron chi connectivity index (χ0n) is 20.5. The molecule has 176 valence electrons. The molecule has 0 radical (unpaired) electrons. The van der Waals surface area contributed by atoms with Gasteiger partial charge in [-0.15, -0.1) is 0 Å². The molecule has 0 saturated carbocycles. The Labute approximate surface area is 200 Å². The second kappa shape index (κ2) is 7.76. The van der Waals surface area contributed by atoms with E-state index in [1.807, 2.05) is 33.0 Å². The van der Waals surface area contributed by atoms with Gasteiger partial charge < -0.3 is 14.5 Å². The number of nitriles is 1. The van der Waals surface area contributed by atoms with Crippen LogP contribution in [0.5, 0.6) is 0 Å². The number of fused-ring (bicyclic) bond motifs is 1. The van der Waals surface area contributed by atoms with E-state index >= 15 is 0 Å². The van der Waals surface area contributed by atoms with E-state index in [0.29, 0.717) is 18.7 Å². The Balaban J connectivity index is 1.45. The monoisotopic (exact) mass is 457 g/mol. The van der Waals surface area contributed by atoms with Crippen molar-refractivity contribution in [3.8, 4) is 17.2 Å². The number of likely N-dealkylation sites (tertiary alicyclic amines) is 1. The van der Waals surface area contributed by atoms with Gasteiger partial charge in [0.1, 0.15) is 11.7 Å². The van der Waals surface area contributed by atoms with Crippen LogP contribution < -0.4 is 4.90 Å². The lowest BCUT2D eigenvalue weighted by Crippen LogP contribution is -2.60. The summed E-state index contributed by atoms with van der Waals surface area (Å²) in [4.78, 5) is 16.5. The van der Waals surface area contributed by atoms with Gasteiger partial charge in [0.15, 0.2) is 0 Å². The van der Waals surface area contributed by atoms with E-state index in [0.717, 1.165) is 58.4 Å². The number of nitrogens with zero attached hydrogens (tertiary/aromatic N) is 4. The number of amides is 1. The summed E-state index contributed by atoms with van der Waals surface area (Å²) in [5.74, 6) is 0. The van der Waals surface area contributed by atoms with E-state index in [1.54, 1.807) is 4.90 Å². The van der Waals surface area contributed by atoms with Gasteiger partial charge in [-0.3, -0.25) is 5.10 Å². The Morgan fingerprint density at radius 2 is 1.82 bits per heavy atom. The number of aromatic nitrogens is 2. The van der Waals surface area contributed by atoms with Gasteiger partial charge in [-0.25, -0.2) is 4.79 Å². The molecule has 1 spiro atoms. The zero-order valence-corrected chi connectivity index (χ0v) is 20.5. The summed E-state index contributed by atoms with van der Waals surface area (Å²) in [6, 6.07) is 10.8. The first-order valence-corrected chi connectivity index (χ1v) is 11.8. The molecule has 5 rings (SSSR count). The highest BCUT2D eigenvalue weighted by atomic mass is 16.6. The predicted molar refractivity (Wildman–Crippen MR) is 133 cm³/mol. The molecule has 0 atom stereocenters. The molecular weight excluding hydrogens is 426 g/mol. The summed E-state index contributed by atoms with van der Waals surface area (Å²) in [5, 5.41) is 18.6. The molecule has 0 bridgehead atoms. The molecule has 2 aliphatic heterocycles. The molecule has 3 aromatic rings. The van der Waals surface area contributed by atoms with E-state index in [-0.39, 0.29) is 11.5 Å². The molecule has 2 fully saturated rings. The summed E-state index contributed by atoms with van der Waals surface area (Å²) >= 11 is 0. The molecule has 0 unspecified atom stereocenters. The third-order valence-corrected chi connectivity index (χ3v) is 7.07. The number of aromatic amines is 1. The van der Waals surface area contributed by atoms with Crippen molar-refractivity contribution in [1.29, 1.82) is 5.26 Å². The normalized spacial score (nSPS) is 17.2. The Bertz CT molecular complexity index is 1320. The predicted octanol–water partition coefficient (Wildman–Crippen LogP) is 5.17. The van der Waals surface area contributed by atoms with Crippen LogP contribution in [0.1, 0.15) is 43.9 Å². The third-order valence-electron chi connectivity index (χ3n) is 7.07. The number of carbonyl (C=O) groups excluding carboxylic acids is 1. The number of hydrogen-bond acceptors (Lipinski definition) is 5. The van der Waals surface area contributed by atoms with Crippen LogP contribution in [0.2, 0.25) is 0 Å². The van der Waals surface area contributed by atoms with Gasteiger partial charge in [-0.2, -0.15) is 10.4 Å². The van der Waals surface area contributed by atoms with Gasteiger partial charge in [0.05, 0.1) is 23.0 Å². The second-order valence-electron chi connectivity index (χ2n) is 10.9. The second-order valence-corrected chi connectivity index (χ2v) is 10.9. The van der Waals surface area contributed by atoms with Crippen LogP contribution in [0.15, 0.2) is 30.5 Å². The van der Waals surface area contributed by atoms with Crippen molar-refractivity contribution >= 4 is 22.7 Å². The molecule has 1 aromatic heterocycles. The van der Waals surface area contributed by atoms with Crippen molar-refractivity contribution < 1.29 is 9.53 Å². The quantitative estimate of drug-likeness (QED) is 0.574. The van der Waals surface area contributed by atoms with Crippen molar-refractivity contribution in [1.82, 2.24) is 15.1 Å². The van der Waals surface area contributed by atoms with Gasteiger partial charge in [0.2, 0.25) is 0 Å². The van der Waals surface area contributed by atoms with Crippen LogP contribution in [-0.4, -0.2) is 53.0 Å². The maximum absolute atomic E-state index is 12.4. The SMILES string of the molecule is Cc1ccc(N2CCC3(CN(C(=O)OC(C)(C)C)C3)C2)c(C#N)c1-c1c(C)ccc2[nH]ncc12. The van der Waals surface area contributed by atoms with Crippen LogP contribution in [0, 0.1) is 30.6 Å². The Hall–Kier alpha value is -3.53. The molecule has 7 heteroatoms. The van der Waals surface area contributed by atoms with Crippen LogP contribution in [-0.2, 0) is 4.74 Å². The minimum absolute atomic E-state index is 0.0647. The van der Waals surface area contributed by atoms with Crippen LogP contribution in [0.25, 0.3) is 22.0 Å². The number of rotatable bonds is 2. The number of carbonyl (C=O) groups is 1. The maximum Gasteiger partial charge on any atom is 0.410 e. The topological polar surface area (TPSA) is 85.2 Å². The lowest BCUT2D eigenvalue weighted by Gasteiger charge is -2.47. The lowest BCUT2D eigenvalue weighted by atomic mass is 9.79. The van der Waals surface area contributed by atoms with Gasteiger partial charge in [0, 0.05) is 42.5 Å². The average molecular weight is 458 g/mol. The molecule has 2 aliphatic rings. The number of hydrogen-bond donors (Lipinski definition) is 1. The number of anilines is 1.